The second-order valence-electron chi connectivity index (χ2n) is 2.95. The molecule has 0 unspecified atom stereocenters. The largest absolute Gasteiger partial charge is 0.311 e. The maximum absolute atomic E-state index is 6.05. The summed E-state index contributed by atoms with van der Waals surface area (Å²) in [5, 5.41) is 2.89. The average molecular weight is 183 g/mol. The van der Waals surface area contributed by atoms with Gasteiger partial charge in [-0.2, -0.15) is 0 Å². The van der Waals surface area contributed by atoms with Crippen molar-refractivity contribution in [1.82, 2.24) is 5.43 Å². The van der Waals surface area contributed by atoms with Crippen molar-refractivity contribution in [3.8, 4) is 0 Å². The molecule has 0 spiro atoms. The van der Waals surface area contributed by atoms with Gasteiger partial charge in [0, 0.05) is 18.6 Å². The molecule has 12 heavy (non-hydrogen) atoms. The lowest BCUT2D eigenvalue weighted by Gasteiger charge is -2.28. The number of benzene rings is 1. The number of rotatable bonds is 0. The molecule has 0 fully saturated rings. The minimum absolute atomic E-state index is 0.876. The highest BCUT2D eigenvalue weighted by Gasteiger charge is 2.14. The molecule has 0 aromatic heterocycles. The first-order chi connectivity index (χ1) is 5.79. The van der Waals surface area contributed by atoms with Crippen LogP contribution in [0.25, 0.3) is 0 Å². The standard InChI is InChI=1S/C9H11ClN2/c1-12-9-4-2-3-8(10)7(9)5-6-11-12/h2-4,11H,5-6H2,1H3. The van der Waals surface area contributed by atoms with E-state index in [1.54, 1.807) is 0 Å². The van der Waals surface area contributed by atoms with E-state index in [4.69, 9.17) is 11.6 Å². The summed E-state index contributed by atoms with van der Waals surface area (Å²) in [6, 6.07) is 6.00. The molecule has 1 aromatic carbocycles. The number of nitrogens with zero attached hydrogens (tertiary/aromatic N) is 1. The Kier molecular flexibility index (Phi) is 1.95. The Morgan fingerprint density at radius 1 is 1.50 bits per heavy atom. The van der Waals surface area contributed by atoms with Crippen molar-refractivity contribution in [2.24, 2.45) is 0 Å². The Balaban J connectivity index is 2.52. The van der Waals surface area contributed by atoms with Crippen molar-refractivity contribution >= 4 is 17.3 Å². The molecule has 0 radical (unpaired) electrons. The molecule has 1 aromatic rings. The Bertz CT molecular complexity index is 299. The number of fused-ring (bicyclic) bond motifs is 1. The van der Waals surface area contributed by atoms with Crippen LogP contribution in [0, 0.1) is 0 Å². The van der Waals surface area contributed by atoms with Crippen LogP contribution in [0.2, 0.25) is 5.02 Å². The summed E-state index contributed by atoms with van der Waals surface area (Å²) in [6.45, 7) is 0.966. The topological polar surface area (TPSA) is 15.3 Å². The van der Waals surface area contributed by atoms with Crippen LogP contribution >= 0.6 is 11.6 Å². The van der Waals surface area contributed by atoms with Gasteiger partial charge in [0.25, 0.3) is 0 Å². The number of nitrogens with one attached hydrogen (secondary N) is 1. The van der Waals surface area contributed by atoms with Gasteiger partial charge in [-0.05, 0) is 24.1 Å². The summed E-state index contributed by atoms with van der Waals surface area (Å²) in [6.07, 6.45) is 1.01. The first-order valence-electron chi connectivity index (χ1n) is 4.03. The first-order valence-corrected chi connectivity index (χ1v) is 4.41. The predicted molar refractivity (Wildman–Crippen MR) is 51.6 cm³/mol. The van der Waals surface area contributed by atoms with Crippen LogP contribution in [0.1, 0.15) is 5.56 Å². The van der Waals surface area contributed by atoms with Crippen molar-refractivity contribution < 1.29 is 0 Å². The van der Waals surface area contributed by atoms with Crippen LogP contribution in [0.3, 0.4) is 0 Å². The van der Waals surface area contributed by atoms with E-state index in [1.807, 2.05) is 24.2 Å². The van der Waals surface area contributed by atoms with Gasteiger partial charge >= 0.3 is 0 Å². The number of halogens is 1. The predicted octanol–water partition coefficient (Wildman–Crippen LogP) is 1.84. The minimum Gasteiger partial charge on any atom is -0.311 e. The minimum atomic E-state index is 0.876. The molecule has 2 nitrogen and oxygen atoms in total. The van der Waals surface area contributed by atoms with Crippen molar-refractivity contribution in [2.75, 3.05) is 18.6 Å². The molecule has 0 saturated carbocycles. The van der Waals surface area contributed by atoms with Gasteiger partial charge in [-0.3, -0.25) is 0 Å². The summed E-state index contributed by atoms with van der Waals surface area (Å²) in [5.41, 5.74) is 5.68. The molecular weight excluding hydrogens is 172 g/mol. The van der Waals surface area contributed by atoms with Gasteiger partial charge in [-0.15, -0.1) is 0 Å². The molecule has 2 rings (SSSR count). The molecule has 1 N–H and O–H groups in total. The number of hydrazine groups is 1. The van der Waals surface area contributed by atoms with Crippen LogP contribution in [0.4, 0.5) is 5.69 Å². The molecule has 0 saturated heterocycles. The Morgan fingerprint density at radius 2 is 2.33 bits per heavy atom. The van der Waals surface area contributed by atoms with Gasteiger partial charge < -0.3 is 5.01 Å². The summed E-state index contributed by atoms with van der Waals surface area (Å²) >= 11 is 6.05. The Hall–Kier alpha value is -0.730. The summed E-state index contributed by atoms with van der Waals surface area (Å²) in [7, 11) is 2.01. The first kappa shape index (κ1) is 7.90. The van der Waals surface area contributed by atoms with Crippen molar-refractivity contribution in [2.45, 2.75) is 6.42 Å². The fourth-order valence-electron chi connectivity index (χ4n) is 1.54. The molecular formula is C9H11ClN2. The van der Waals surface area contributed by atoms with E-state index in [2.05, 4.69) is 11.5 Å². The van der Waals surface area contributed by atoms with Crippen LogP contribution in [-0.2, 0) is 6.42 Å². The van der Waals surface area contributed by atoms with E-state index in [-0.39, 0.29) is 0 Å². The van der Waals surface area contributed by atoms with E-state index in [9.17, 15) is 0 Å². The smallest absolute Gasteiger partial charge is 0.0563 e. The molecule has 3 heteroatoms. The van der Waals surface area contributed by atoms with Crippen LogP contribution in [0.5, 0.6) is 0 Å². The van der Waals surface area contributed by atoms with Gasteiger partial charge in [-0.1, -0.05) is 17.7 Å². The highest BCUT2D eigenvalue weighted by atomic mass is 35.5. The van der Waals surface area contributed by atoms with Crippen molar-refractivity contribution in [3.05, 3.63) is 28.8 Å². The maximum Gasteiger partial charge on any atom is 0.0563 e. The average Bonchev–Trinajstić information content (AvgIpc) is 2.07. The lowest BCUT2D eigenvalue weighted by molar-refractivity contribution is 0.641. The zero-order valence-corrected chi connectivity index (χ0v) is 7.73. The van der Waals surface area contributed by atoms with E-state index in [1.165, 1.54) is 11.3 Å². The maximum atomic E-state index is 6.05. The number of hydrogen-bond acceptors (Lipinski definition) is 2. The summed E-state index contributed by atoms with van der Waals surface area (Å²) in [4.78, 5) is 0. The van der Waals surface area contributed by atoms with E-state index >= 15 is 0 Å². The highest BCUT2D eigenvalue weighted by Crippen LogP contribution is 2.28. The molecule has 1 aliphatic rings. The van der Waals surface area contributed by atoms with Gasteiger partial charge in [0.05, 0.1) is 5.69 Å². The number of anilines is 1. The Morgan fingerprint density at radius 3 is 3.08 bits per heavy atom. The molecule has 0 atom stereocenters. The second kappa shape index (κ2) is 2.96. The number of hydrogen-bond donors (Lipinski definition) is 1. The third-order valence-corrected chi connectivity index (χ3v) is 2.53. The monoisotopic (exact) mass is 182 g/mol. The SMILES string of the molecule is CN1NCCc2c(Cl)cccc21. The zero-order valence-electron chi connectivity index (χ0n) is 6.97. The summed E-state index contributed by atoms with van der Waals surface area (Å²) in [5.74, 6) is 0. The van der Waals surface area contributed by atoms with E-state index < -0.39 is 0 Å². The molecule has 0 bridgehead atoms. The molecule has 0 amide bonds. The quantitative estimate of drug-likeness (QED) is 0.659. The van der Waals surface area contributed by atoms with Crippen molar-refractivity contribution in [1.29, 1.82) is 0 Å². The van der Waals surface area contributed by atoms with E-state index in [0.29, 0.717) is 0 Å². The highest BCUT2D eigenvalue weighted by molar-refractivity contribution is 6.31. The molecule has 1 heterocycles. The van der Waals surface area contributed by atoms with Crippen LogP contribution < -0.4 is 10.4 Å². The van der Waals surface area contributed by atoms with Gasteiger partial charge in [0.1, 0.15) is 0 Å². The molecule has 1 aliphatic heterocycles. The second-order valence-corrected chi connectivity index (χ2v) is 3.36. The summed E-state index contributed by atoms with van der Waals surface area (Å²) < 4.78 is 0. The molecule has 0 aliphatic carbocycles. The molecule has 64 valence electrons. The van der Waals surface area contributed by atoms with Gasteiger partial charge in [0.2, 0.25) is 0 Å². The van der Waals surface area contributed by atoms with E-state index in [0.717, 1.165) is 18.0 Å². The fraction of sp³-hybridized carbons (Fsp3) is 0.333. The van der Waals surface area contributed by atoms with Crippen LogP contribution in [-0.4, -0.2) is 13.6 Å². The van der Waals surface area contributed by atoms with Crippen molar-refractivity contribution in [3.63, 3.8) is 0 Å². The lowest BCUT2D eigenvalue weighted by atomic mass is 10.1. The normalized spacial score (nSPS) is 16.0. The Labute approximate surface area is 77.1 Å². The fourth-order valence-corrected chi connectivity index (χ4v) is 1.81. The van der Waals surface area contributed by atoms with Gasteiger partial charge in [-0.25, -0.2) is 5.43 Å². The van der Waals surface area contributed by atoms with Gasteiger partial charge in [0.15, 0.2) is 0 Å². The third kappa shape index (κ3) is 1.17. The zero-order chi connectivity index (χ0) is 8.55. The lowest BCUT2D eigenvalue weighted by Crippen LogP contribution is -2.40. The third-order valence-electron chi connectivity index (χ3n) is 2.18. The van der Waals surface area contributed by atoms with Crippen LogP contribution in [0.15, 0.2) is 18.2 Å².